The number of hydrogen-bond acceptors (Lipinski definition) is 5. The fourth-order valence-corrected chi connectivity index (χ4v) is 3.61. The van der Waals surface area contributed by atoms with Crippen molar-refractivity contribution in [3.63, 3.8) is 0 Å². The van der Waals surface area contributed by atoms with Crippen molar-refractivity contribution in [1.29, 1.82) is 0 Å². The Bertz CT molecular complexity index is 842. The molecule has 5 heteroatoms. The number of benzene rings is 2. The minimum Gasteiger partial charge on any atom is -0.503 e. The number of methoxy groups -OCH3 is 2. The average Bonchev–Trinajstić information content (AvgIpc) is 3.08. The molecule has 0 aromatic heterocycles. The molecule has 0 atom stereocenters. The number of carbonyl (C=O) groups excluding carboxylic acids is 1. The number of fused-ring (bicyclic) bond motifs is 1. The number of carbonyl (C=O) groups is 1. The lowest BCUT2D eigenvalue weighted by Crippen LogP contribution is -2.10. The molecule has 0 saturated heterocycles. The van der Waals surface area contributed by atoms with Crippen molar-refractivity contribution in [2.75, 3.05) is 25.0 Å². The van der Waals surface area contributed by atoms with Gasteiger partial charge < -0.3 is 14.4 Å². The quantitative estimate of drug-likeness (QED) is 0.473. The molecule has 0 radical (unpaired) electrons. The molecule has 3 rings (SSSR count). The normalized spacial score (nSPS) is 14.7. The van der Waals surface area contributed by atoms with Crippen LogP contribution in [0.5, 0.6) is 0 Å². The van der Waals surface area contributed by atoms with Gasteiger partial charge in [-0.25, -0.2) is 4.79 Å². The van der Waals surface area contributed by atoms with Crippen molar-refractivity contribution in [3.8, 4) is 0 Å². The molecule has 0 N–H and O–H groups in total. The second-order valence-corrected chi connectivity index (χ2v) is 6.52. The van der Waals surface area contributed by atoms with Gasteiger partial charge in [0.05, 0.1) is 26.4 Å². The average molecular weight is 341 g/mol. The predicted octanol–water partition coefficient (Wildman–Crippen LogP) is 4.20. The zero-order chi connectivity index (χ0) is 17.1. The van der Waals surface area contributed by atoms with Crippen LogP contribution in [-0.2, 0) is 14.3 Å². The van der Waals surface area contributed by atoms with Crippen LogP contribution in [0.2, 0.25) is 0 Å². The van der Waals surface area contributed by atoms with Crippen molar-refractivity contribution >= 4 is 34.2 Å². The summed E-state index contributed by atoms with van der Waals surface area (Å²) in [7, 11) is 2.89. The maximum absolute atomic E-state index is 11.9. The van der Waals surface area contributed by atoms with Crippen LogP contribution in [0.25, 0.3) is 10.8 Å². The summed E-state index contributed by atoms with van der Waals surface area (Å²) in [5.74, 6) is 0.344. The van der Waals surface area contributed by atoms with E-state index in [1.807, 2.05) is 6.20 Å². The van der Waals surface area contributed by atoms with Gasteiger partial charge in [-0.1, -0.05) is 29.8 Å². The Morgan fingerprint density at radius 3 is 2.67 bits per heavy atom. The zero-order valence-corrected chi connectivity index (χ0v) is 14.7. The van der Waals surface area contributed by atoms with E-state index in [-0.39, 0.29) is 0 Å². The van der Waals surface area contributed by atoms with Crippen LogP contribution in [0.4, 0.5) is 5.69 Å². The molecule has 0 unspecified atom stereocenters. The fourth-order valence-electron chi connectivity index (χ4n) is 2.62. The molecule has 0 amide bonds. The van der Waals surface area contributed by atoms with Crippen molar-refractivity contribution in [1.82, 2.24) is 0 Å². The second kappa shape index (κ2) is 7.01. The molecule has 24 heavy (non-hydrogen) atoms. The summed E-state index contributed by atoms with van der Waals surface area (Å²) in [5.41, 5.74) is 2.78. The number of nitrogens with zero attached hydrogens (tertiary/aromatic N) is 1. The SMILES string of the molecule is COC=C(C(=O)OC)C1=CN(c2ccc3cc(C)ccc3c2)CS1. The summed E-state index contributed by atoms with van der Waals surface area (Å²) in [6, 6.07) is 12.8. The van der Waals surface area contributed by atoms with Crippen molar-refractivity contribution in [2.24, 2.45) is 0 Å². The first-order valence-corrected chi connectivity index (χ1v) is 8.54. The number of aryl methyl sites for hydroxylation is 1. The van der Waals surface area contributed by atoms with E-state index in [2.05, 4.69) is 48.2 Å². The summed E-state index contributed by atoms with van der Waals surface area (Å²) in [4.78, 5) is 14.9. The largest absolute Gasteiger partial charge is 0.503 e. The lowest BCUT2D eigenvalue weighted by molar-refractivity contribution is -0.135. The Hall–Kier alpha value is -2.40. The summed E-state index contributed by atoms with van der Waals surface area (Å²) >= 11 is 1.58. The van der Waals surface area contributed by atoms with E-state index >= 15 is 0 Å². The Labute approximate surface area is 145 Å². The predicted molar refractivity (Wildman–Crippen MR) is 98.8 cm³/mol. The number of anilines is 1. The molecule has 0 bridgehead atoms. The van der Waals surface area contributed by atoms with Gasteiger partial charge in [0.25, 0.3) is 0 Å². The third-order valence-corrected chi connectivity index (χ3v) is 4.89. The van der Waals surface area contributed by atoms with Crippen molar-refractivity contribution in [3.05, 3.63) is 64.9 Å². The van der Waals surface area contributed by atoms with E-state index in [1.54, 1.807) is 11.8 Å². The Kier molecular flexibility index (Phi) is 4.81. The van der Waals surface area contributed by atoms with Gasteiger partial charge in [-0.15, -0.1) is 11.8 Å². The summed E-state index contributed by atoms with van der Waals surface area (Å²) in [6.45, 7) is 2.09. The van der Waals surface area contributed by atoms with Gasteiger partial charge in [0, 0.05) is 16.8 Å². The molecule has 124 valence electrons. The number of thioether (sulfide) groups is 1. The molecule has 0 fully saturated rings. The van der Waals surface area contributed by atoms with Gasteiger partial charge >= 0.3 is 5.97 Å². The summed E-state index contributed by atoms with van der Waals surface area (Å²) in [5, 5.41) is 2.43. The van der Waals surface area contributed by atoms with E-state index in [4.69, 9.17) is 9.47 Å². The van der Waals surface area contributed by atoms with E-state index in [0.717, 1.165) is 16.5 Å². The molecule has 1 heterocycles. The minimum absolute atomic E-state index is 0.397. The van der Waals surface area contributed by atoms with Gasteiger partial charge in [-0.3, -0.25) is 0 Å². The standard InChI is InChI=1S/C19H19NO3S/c1-13-4-5-15-9-16(7-6-14(15)8-13)20-10-18(24-12-20)17(11-22-2)19(21)23-3/h4-11H,12H2,1-3H3. The van der Waals surface area contributed by atoms with E-state index < -0.39 is 5.97 Å². The third kappa shape index (κ3) is 3.26. The van der Waals surface area contributed by atoms with E-state index in [1.165, 1.54) is 36.8 Å². The second-order valence-electron chi connectivity index (χ2n) is 5.53. The molecule has 4 nitrogen and oxygen atoms in total. The molecule has 2 aromatic rings. The Morgan fingerprint density at radius 1 is 1.17 bits per heavy atom. The molecule has 0 saturated carbocycles. The third-order valence-electron chi connectivity index (χ3n) is 3.85. The monoisotopic (exact) mass is 341 g/mol. The molecule has 2 aromatic carbocycles. The number of esters is 1. The topological polar surface area (TPSA) is 38.8 Å². The molecular weight excluding hydrogens is 322 g/mol. The van der Waals surface area contributed by atoms with E-state index in [9.17, 15) is 4.79 Å². The lowest BCUT2D eigenvalue weighted by atomic mass is 10.1. The molecule has 1 aliphatic heterocycles. The van der Waals surface area contributed by atoms with Crippen LogP contribution < -0.4 is 4.90 Å². The molecule has 0 spiro atoms. The molecule has 0 aliphatic carbocycles. The van der Waals surface area contributed by atoms with Crippen LogP contribution >= 0.6 is 11.8 Å². The maximum Gasteiger partial charge on any atom is 0.342 e. The van der Waals surface area contributed by atoms with Gasteiger partial charge in [-0.05, 0) is 29.8 Å². The first-order valence-electron chi connectivity index (χ1n) is 7.55. The van der Waals surface area contributed by atoms with Crippen molar-refractivity contribution in [2.45, 2.75) is 6.92 Å². The Morgan fingerprint density at radius 2 is 1.92 bits per heavy atom. The number of rotatable bonds is 4. The fraction of sp³-hybridized carbons (Fsp3) is 0.211. The van der Waals surface area contributed by atoms with Gasteiger partial charge in [0.2, 0.25) is 0 Å². The first kappa shape index (κ1) is 16.5. The van der Waals surface area contributed by atoms with Crippen LogP contribution in [0.3, 0.4) is 0 Å². The molecular formula is C19H19NO3S. The van der Waals surface area contributed by atoms with Gasteiger partial charge in [0.1, 0.15) is 5.57 Å². The van der Waals surface area contributed by atoms with Crippen LogP contribution in [-0.4, -0.2) is 26.1 Å². The van der Waals surface area contributed by atoms with Crippen LogP contribution in [0, 0.1) is 6.92 Å². The highest BCUT2D eigenvalue weighted by atomic mass is 32.2. The number of hydrogen-bond donors (Lipinski definition) is 0. The minimum atomic E-state index is -0.397. The first-order chi connectivity index (χ1) is 11.6. The van der Waals surface area contributed by atoms with Crippen LogP contribution in [0.15, 0.2) is 59.3 Å². The zero-order valence-electron chi connectivity index (χ0n) is 13.9. The van der Waals surface area contributed by atoms with Gasteiger partial charge in [-0.2, -0.15) is 0 Å². The van der Waals surface area contributed by atoms with Crippen molar-refractivity contribution < 1.29 is 14.3 Å². The van der Waals surface area contributed by atoms with E-state index in [0.29, 0.717) is 5.57 Å². The number of ether oxygens (including phenoxy) is 2. The van der Waals surface area contributed by atoms with Crippen LogP contribution in [0.1, 0.15) is 5.56 Å². The highest BCUT2D eigenvalue weighted by Gasteiger charge is 2.23. The van der Waals surface area contributed by atoms with Gasteiger partial charge in [0.15, 0.2) is 0 Å². The molecule has 1 aliphatic rings. The highest BCUT2D eigenvalue weighted by molar-refractivity contribution is 8.03. The Balaban J connectivity index is 1.91. The summed E-state index contributed by atoms with van der Waals surface area (Å²) in [6.07, 6.45) is 3.39. The highest BCUT2D eigenvalue weighted by Crippen LogP contribution is 2.36. The smallest absolute Gasteiger partial charge is 0.342 e. The summed E-state index contributed by atoms with van der Waals surface area (Å²) < 4.78 is 9.84. The lowest BCUT2D eigenvalue weighted by Gasteiger charge is -2.15. The maximum atomic E-state index is 11.9.